The molecular formula is C23H23N3O5. The van der Waals surface area contributed by atoms with Crippen molar-refractivity contribution in [1.82, 2.24) is 15.1 Å². The van der Waals surface area contributed by atoms with Gasteiger partial charge in [0.1, 0.15) is 12.2 Å². The number of benzene rings is 2. The van der Waals surface area contributed by atoms with E-state index >= 15 is 0 Å². The smallest absolute Gasteiger partial charge is 0.407 e. The fraction of sp³-hybridized carbons (Fsp3) is 0.261. The summed E-state index contributed by atoms with van der Waals surface area (Å²) in [6.07, 6.45) is 1.25. The zero-order valence-corrected chi connectivity index (χ0v) is 17.3. The fourth-order valence-corrected chi connectivity index (χ4v) is 3.41. The Kier molecular flexibility index (Phi) is 5.88. The van der Waals surface area contributed by atoms with Gasteiger partial charge in [0.15, 0.2) is 0 Å². The van der Waals surface area contributed by atoms with Gasteiger partial charge in [-0.05, 0) is 31.5 Å². The number of nitrogens with one attached hydrogen (secondary N) is 1. The maximum absolute atomic E-state index is 12.1. The van der Waals surface area contributed by atoms with Crippen LogP contribution in [0.25, 0.3) is 21.9 Å². The number of fused-ring (bicyclic) bond motifs is 3. The lowest BCUT2D eigenvalue weighted by atomic mass is 10.2. The Morgan fingerprint density at radius 2 is 1.97 bits per heavy atom. The summed E-state index contributed by atoms with van der Waals surface area (Å²) in [6.45, 7) is 4.51. The Labute approximate surface area is 178 Å². The van der Waals surface area contributed by atoms with Crippen LogP contribution < -0.4 is 5.32 Å². The van der Waals surface area contributed by atoms with Crippen LogP contribution in [-0.2, 0) is 22.6 Å². The van der Waals surface area contributed by atoms with Crippen molar-refractivity contribution in [2.45, 2.75) is 33.0 Å². The van der Waals surface area contributed by atoms with Crippen LogP contribution in [0.15, 0.2) is 59.1 Å². The largest absolute Gasteiger partial charge is 0.460 e. The lowest BCUT2D eigenvalue weighted by Gasteiger charge is -2.15. The number of aromatic nitrogens is 2. The maximum Gasteiger partial charge on any atom is 0.407 e. The van der Waals surface area contributed by atoms with Crippen molar-refractivity contribution in [1.29, 1.82) is 0 Å². The van der Waals surface area contributed by atoms with E-state index in [1.54, 1.807) is 29.9 Å². The molecule has 2 heterocycles. The molecule has 0 unspecified atom stereocenters. The molecule has 1 atom stereocenters. The van der Waals surface area contributed by atoms with Gasteiger partial charge >= 0.3 is 12.1 Å². The summed E-state index contributed by atoms with van der Waals surface area (Å²) in [5.74, 6) is -0.359. The average molecular weight is 421 g/mol. The highest BCUT2D eigenvalue weighted by molar-refractivity contribution is 6.06. The van der Waals surface area contributed by atoms with E-state index in [0.29, 0.717) is 12.1 Å². The minimum Gasteiger partial charge on any atom is -0.460 e. The van der Waals surface area contributed by atoms with E-state index in [0.717, 1.165) is 21.9 Å². The Balaban J connectivity index is 1.48. The van der Waals surface area contributed by atoms with Crippen molar-refractivity contribution in [3.63, 3.8) is 0 Å². The van der Waals surface area contributed by atoms with Gasteiger partial charge in [0.2, 0.25) is 5.76 Å². The van der Waals surface area contributed by atoms with Crippen molar-refractivity contribution < 1.29 is 23.5 Å². The van der Waals surface area contributed by atoms with Gasteiger partial charge < -0.3 is 19.2 Å². The Morgan fingerprint density at radius 1 is 1.16 bits per heavy atom. The van der Waals surface area contributed by atoms with Crippen LogP contribution in [0, 0.1) is 0 Å². The second-order valence-electron chi connectivity index (χ2n) is 7.18. The molecule has 0 aliphatic carbocycles. The summed E-state index contributed by atoms with van der Waals surface area (Å²) in [4.78, 5) is 24.2. The number of rotatable bonds is 7. The first-order valence-electron chi connectivity index (χ1n) is 10.1. The molecule has 8 heteroatoms. The van der Waals surface area contributed by atoms with Gasteiger partial charge in [0.05, 0.1) is 24.9 Å². The number of amides is 1. The molecule has 2 aromatic carbocycles. The molecule has 0 saturated heterocycles. The standard InChI is InChI=1S/C23H23N3O5/c1-3-29-22(27)20-11-18-19(31-20)10-9-17-12-24-26(21(17)18)13-15(2)25-23(28)30-14-16-7-5-4-6-8-16/h4-12,15H,3,13-14H2,1-2H3,(H,25,28)/t15-/m0/s1. The molecule has 4 aromatic rings. The van der Waals surface area contributed by atoms with E-state index in [1.165, 1.54) is 0 Å². The number of esters is 1. The van der Waals surface area contributed by atoms with Crippen molar-refractivity contribution in [3.05, 3.63) is 66.1 Å². The molecule has 0 aliphatic heterocycles. The Morgan fingerprint density at radius 3 is 2.74 bits per heavy atom. The molecule has 0 bridgehead atoms. The molecule has 1 N–H and O–H groups in total. The van der Waals surface area contributed by atoms with E-state index in [2.05, 4.69) is 10.4 Å². The third-order valence-electron chi connectivity index (χ3n) is 4.80. The number of furan rings is 1. The monoisotopic (exact) mass is 421 g/mol. The third kappa shape index (κ3) is 4.53. The van der Waals surface area contributed by atoms with Crippen LogP contribution in [0.5, 0.6) is 0 Å². The van der Waals surface area contributed by atoms with Gasteiger partial charge in [-0.2, -0.15) is 5.10 Å². The number of carbonyl (C=O) groups excluding carboxylic acids is 2. The number of nitrogens with zero attached hydrogens (tertiary/aromatic N) is 2. The molecule has 2 aromatic heterocycles. The molecule has 31 heavy (non-hydrogen) atoms. The molecule has 0 radical (unpaired) electrons. The molecule has 0 aliphatic rings. The second kappa shape index (κ2) is 8.91. The number of hydrogen-bond acceptors (Lipinski definition) is 6. The molecule has 1 amide bonds. The van der Waals surface area contributed by atoms with E-state index in [1.807, 2.05) is 43.3 Å². The van der Waals surface area contributed by atoms with E-state index in [9.17, 15) is 9.59 Å². The highest BCUT2D eigenvalue weighted by atomic mass is 16.5. The topological polar surface area (TPSA) is 95.6 Å². The fourth-order valence-electron chi connectivity index (χ4n) is 3.41. The van der Waals surface area contributed by atoms with Crippen molar-refractivity contribution in [2.24, 2.45) is 0 Å². The van der Waals surface area contributed by atoms with Gasteiger partial charge in [0, 0.05) is 22.9 Å². The first-order valence-corrected chi connectivity index (χ1v) is 10.1. The molecule has 0 saturated carbocycles. The first-order chi connectivity index (χ1) is 15.0. The third-order valence-corrected chi connectivity index (χ3v) is 4.80. The highest BCUT2D eigenvalue weighted by Gasteiger charge is 2.18. The van der Waals surface area contributed by atoms with Crippen molar-refractivity contribution >= 4 is 33.9 Å². The molecular weight excluding hydrogens is 398 g/mol. The summed E-state index contributed by atoms with van der Waals surface area (Å²) < 4.78 is 17.7. The lowest BCUT2D eigenvalue weighted by molar-refractivity contribution is 0.0492. The molecule has 4 rings (SSSR count). The van der Waals surface area contributed by atoms with Gasteiger partial charge in [-0.15, -0.1) is 0 Å². The normalized spacial score (nSPS) is 12.1. The maximum atomic E-state index is 12.1. The highest BCUT2D eigenvalue weighted by Crippen LogP contribution is 2.28. The lowest BCUT2D eigenvalue weighted by Crippen LogP contribution is -2.36. The zero-order chi connectivity index (χ0) is 21.8. The van der Waals surface area contributed by atoms with E-state index < -0.39 is 12.1 Å². The predicted molar refractivity (Wildman–Crippen MR) is 115 cm³/mol. The summed E-state index contributed by atoms with van der Waals surface area (Å²) in [7, 11) is 0. The van der Waals surface area contributed by atoms with E-state index in [-0.39, 0.29) is 25.0 Å². The van der Waals surface area contributed by atoms with Crippen LogP contribution in [0.2, 0.25) is 0 Å². The number of ether oxygens (including phenoxy) is 2. The Hall–Kier alpha value is -3.81. The van der Waals surface area contributed by atoms with Crippen molar-refractivity contribution in [3.8, 4) is 0 Å². The first kappa shape index (κ1) is 20.5. The summed E-state index contributed by atoms with van der Waals surface area (Å²) >= 11 is 0. The summed E-state index contributed by atoms with van der Waals surface area (Å²) in [5.41, 5.74) is 2.31. The zero-order valence-electron chi connectivity index (χ0n) is 17.3. The summed E-state index contributed by atoms with van der Waals surface area (Å²) in [6, 6.07) is 14.6. The summed E-state index contributed by atoms with van der Waals surface area (Å²) in [5, 5.41) is 8.93. The number of hydrogen-bond donors (Lipinski definition) is 1. The minimum absolute atomic E-state index is 0.146. The van der Waals surface area contributed by atoms with Crippen molar-refractivity contribution in [2.75, 3.05) is 6.61 Å². The minimum atomic E-state index is -0.505. The Bertz CT molecular complexity index is 1210. The molecule has 160 valence electrons. The second-order valence-corrected chi connectivity index (χ2v) is 7.18. The molecule has 8 nitrogen and oxygen atoms in total. The molecule has 0 fully saturated rings. The number of carbonyl (C=O) groups is 2. The van der Waals surface area contributed by atoms with Crippen LogP contribution in [0.1, 0.15) is 30.0 Å². The molecule has 0 spiro atoms. The van der Waals surface area contributed by atoms with Crippen LogP contribution in [0.3, 0.4) is 0 Å². The number of alkyl carbamates (subject to hydrolysis) is 1. The van der Waals surface area contributed by atoms with Gasteiger partial charge in [0.25, 0.3) is 0 Å². The predicted octanol–water partition coefficient (Wildman–Crippen LogP) is 4.27. The quantitative estimate of drug-likeness (QED) is 0.448. The average Bonchev–Trinajstić information content (AvgIpc) is 3.37. The van der Waals surface area contributed by atoms with Crippen LogP contribution in [-0.4, -0.2) is 34.5 Å². The van der Waals surface area contributed by atoms with E-state index in [4.69, 9.17) is 13.9 Å². The van der Waals surface area contributed by atoms with Crippen LogP contribution in [0.4, 0.5) is 4.79 Å². The van der Waals surface area contributed by atoms with Crippen LogP contribution >= 0.6 is 0 Å². The van der Waals surface area contributed by atoms with Gasteiger partial charge in [-0.25, -0.2) is 9.59 Å². The van der Waals surface area contributed by atoms with Gasteiger partial charge in [-0.3, -0.25) is 4.68 Å². The SMILES string of the molecule is CCOC(=O)c1cc2c(ccc3cnn(C[C@H](C)NC(=O)OCc4ccccc4)c32)o1. The van der Waals surface area contributed by atoms with Gasteiger partial charge in [-0.1, -0.05) is 30.3 Å².